The van der Waals surface area contributed by atoms with Crippen molar-refractivity contribution in [2.75, 3.05) is 14.2 Å². The summed E-state index contributed by atoms with van der Waals surface area (Å²) in [6.07, 6.45) is 9.50. The van der Waals surface area contributed by atoms with E-state index in [1.165, 1.54) is 0 Å². The molecule has 9 heavy (non-hydrogen) atoms. The van der Waals surface area contributed by atoms with Crippen LogP contribution in [0.1, 0.15) is 6.42 Å². The third kappa shape index (κ3) is 11.1. The molecular formula is C7H14O2. The van der Waals surface area contributed by atoms with Gasteiger partial charge in [0.25, 0.3) is 0 Å². The van der Waals surface area contributed by atoms with E-state index < -0.39 is 0 Å². The molecule has 2 N–H and O–H groups in total. The molecule has 0 saturated carbocycles. The monoisotopic (exact) mass is 130 g/mol. The highest BCUT2D eigenvalue weighted by atomic mass is 16.2. The lowest BCUT2D eigenvalue weighted by molar-refractivity contribution is 0.399. The van der Waals surface area contributed by atoms with Crippen molar-refractivity contribution in [3.8, 4) is 0 Å². The van der Waals surface area contributed by atoms with Crippen LogP contribution < -0.4 is 0 Å². The van der Waals surface area contributed by atoms with Crippen molar-refractivity contribution in [3.05, 3.63) is 24.3 Å². The first kappa shape index (κ1) is 11.2. The van der Waals surface area contributed by atoms with Crippen molar-refractivity contribution in [1.29, 1.82) is 0 Å². The van der Waals surface area contributed by atoms with Crippen LogP contribution in [0.5, 0.6) is 0 Å². The van der Waals surface area contributed by atoms with Crippen LogP contribution in [-0.2, 0) is 0 Å². The van der Waals surface area contributed by atoms with Crippen molar-refractivity contribution in [2.24, 2.45) is 0 Å². The molecule has 0 bridgehead atoms. The molecule has 2 nitrogen and oxygen atoms in total. The Morgan fingerprint density at radius 2 is 1.22 bits per heavy atom. The zero-order valence-electron chi connectivity index (χ0n) is 5.91. The summed E-state index contributed by atoms with van der Waals surface area (Å²) < 4.78 is 0. The molecule has 0 radical (unpaired) electrons. The van der Waals surface area contributed by atoms with Gasteiger partial charge in [-0.3, -0.25) is 0 Å². The van der Waals surface area contributed by atoms with Gasteiger partial charge in [0.2, 0.25) is 0 Å². The maximum atomic E-state index is 7.00. The Bertz CT molecular complexity index is 65.0. The first-order chi connectivity index (χ1) is 4.50. The highest BCUT2D eigenvalue weighted by Crippen LogP contribution is 1.93. The fourth-order valence-electron chi connectivity index (χ4n) is 0.393. The molecule has 0 fully saturated rings. The molecule has 0 amide bonds. The lowest BCUT2D eigenvalue weighted by Gasteiger charge is -1.57. The van der Waals surface area contributed by atoms with Crippen molar-refractivity contribution in [3.63, 3.8) is 0 Å². The molecule has 2 heteroatoms. The van der Waals surface area contributed by atoms with E-state index in [2.05, 4.69) is 24.3 Å². The maximum Gasteiger partial charge on any atom is 0.0319 e. The van der Waals surface area contributed by atoms with Crippen molar-refractivity contribution in [1.82, 2.24) is 0 Å². The molecule has 1 rings (SSSR count). The van der Waals surface area contributed by atoms with E-state index in [0.29, 0.717) is 0 Å². The van der Waals surface area contributed by atoms with E-state index in [-0.39, 0.29) is 0 Å². The Hall–Kier alpha value is -0.600. The average Bonchev–Trinajstić information content (AvgIpc) is 2.51. The summed E-state index contributed by atoms with van der Waals surface area (Å²) >= 11 is 0. The van der Waals surface area contributed by atoms with Crippen LogP contribution in [0.2, 0.25) is 0 Å². The molecule has 0 heterocycles. The third-order valence-electron chi connectivity index (χ3n) is 0.655. The number of hydrogen-bond donors (Lipinski definition) is 2. The van der Waals surface area contributed by atoms with Gasteiger partial charge < -0.3 is 10.2 Å². The minimum Gasteiger partial charge on any atom is -0.400 e. The van der Waals surface area contributed by atoms with Crippen molar-refractivity contribution < 1.29 is 10.2 Å². The Labute approximate surface area is 56.1 Å². The zero-order valence-corrected chi connectivity index (χ0v) is 5.91. The maximum absolute atomic E-state index is 7.00. The predicted octanol–water partition coefficient (Wildman–Crippen LogP) is 0.719. The molecule has 0 saturated heterocycles. The van der Waals surface area contributed by atoms with Gasteiger partial charge in [0.15, 0.2) is 0 Å². The second kappa shape index (κ2) is 15.7. The third-order valence-corrected chi connectivity index (χ3v) is 0.655. The van der Waals surface area contributed by atoms with Gasteiger partial charge in [0.05, 0.1) is 0 Å². The number of aliphatic hydroxyl groups excluding tert-OH is 2. The summed E-state index contributed by atoms with van der Waals surface area (Å²) in [6.45, 7) is 0. The first-order valence-electron chi connectivity index (χ1n) is 2.71. The van der Waals surface area contributed by atoms with Gasteiger partial charge in [-0.25, -0.2) is 0 Å². The lowest BCUT2D eigenvalue weighted by atomic mass is 10.5. The van der Waals surface area contributed by atoms with Gasteiger partial charge in [0.1, 0.15) is 0 Å². The molecule has 1 aliphatic carbocycles. The standard InChI is InChI=1S/C5H6.2CH4O/c1-2-4-5-3-1;2*1-2/h1-4H,5H2;2*2H,1H3. The summed E-state index contributed by atoms with van der Waals surface area (Å²) in [5.74, 6) is 0. The molecule has 0 aromatic carbocycles. The summed E-state index contributed by atoms with van der Waals surface area (Å²) in [4.78, 5) is 0. The van der Waals surface area contributed by atoms with E-state index in [1.807, 2.05) is 0 Å². The zero-order chi connectivity index (χ0) is 7.54. The Kier molecular flexibility index (Phi) is 19.5. The van der Waals surface area contributed by atoms with E-state index >= 15 is 0 Å². The predicted molar refractivity (Wildman–Crippen MR) is 39.2 cm³/mol. The van der Waals surface area contributed by atoms with Crippen LogP contribution in [-0.4, -0.2) is 24.4 Å². The van der Waals surface area contributed by atoms with E-state index in [9.17, 15) is 0 Å². The highest BCUT2D eigenvalue weighted by Gasteiger charge is 1.72. The summed E-state index contributed by atoms with van der Waals surface area (Å²) in [6, 6.07) is 0. The number of aliphatic hydroxyl groups is 2. The van der Waals surface area contributed by atoms with Gasteiger partial charge in [-0.1, -0.05) is 24.3 Å². The quantitative estimate of drug-likeness (QED) is 0.507. The van der Waals surface area contributed by atoms with Gasteiger partial charge in [0, 0.05) is 14.2 Å². The normalized spacial score (nSPS) is 11.1. The van der Waals surface area contributed by atoms with Crippen LogP contribution in [0.25, 0.3) is 0 Å². The van der Waals surface area contributed by atoms with Crippen LogP contribution in [0.3, 0.4) is 0 Å². The van der Waals surface area contributed by atoms with Crippen LogP contribution in [0.15, 0.2) is 24.3 Å². The molecule has 0 aromatic heterocycles. The number of allylic oxidation sites excluding steroid dienone is 4. The molecule has 0 aliphatic heterocycles. The van der Waals surface area contributed by atoms with Gasteiger partial charge in [-0.2, -0.15) is 0 Å². The van der Waals surface area contributed by atoms with Gasteiger partial charge in [-0.15, -0.1) is 0 Å². The molecule has 0 spiro atoms. The highest BCUT2D eigenvalue weighted by molar-refractivity contribution is 5.11. The van der Waals surface area contributed by atoms with E-state index in [0.717, 1.165) is 20.6 Å². The molecular weight excluding hydrogens is 116 g/mol. The molecule has 0 atom stereocenters. The summed E-state index contributed by atoms with van der Waals surface area (Å²) in [5.41, 5.74) is 0. The van der Waals surface area contributed by atoms with Crippen LogP contribution in [0, 0.1) is 0 Å². The fourth-order valence-corrected chi connectivity index (χ4v) is 0.393. The minimum absolute atomic E-state index is 1.00. The molecule has 0 aromatic rings. The number of hydrogen-bond acceptors (Lipinski definition) is 2. The summed E-state index contributed by atoms with van der Waals surface area (Å²) in [5, 5.41) is 14.0. The largest absolute Gasteiger partial charge is 0.400 e. The Morgan fingerprint density at radius 1 is 0.889 bits per heavy atom. The smallest absolute Gasteiger partial charge is 0.0319 e. The van der Waals surface area contributed by atoms with E-state index in [4.69, 9.17) is 10.2 Å². The SMILES string of the molecule is C1=CCC=C1.CO.CO. The second-order valence-electron chi connectivity index (χ2n) is 1.09. The molecule has 0 unspecified atom stereocenters. The average molecular weight is 130 g/mol. The van der Waals surface area contributed by atoms with Crippen molar-refractivity contribution in [2.45, 2.75) is 6.42 Å². The minimum atomic E-state index is 1.00. The first-order valence-corrected chi connectivity index (χ1v) is 2.71. The van der Waals surface area contributed by atoms with Crippen LogP contribution in [0.4, 0.5) is 0 Å². The topological polar surface area (TPSA) is 40.5 Å². The Balaban J connectivity index is 0. The van der Waals surface area contributed by atoms with Crippen molar-refractivity contribution >= 4 is 0 Å². The van der Waals surface area contributed by atoms with Gasteiger partial charge >= 0.3 is 0 Å². The van der Waals surface area contributed by atoms with Gasteiger partial charge in [-0.05, 0) is 6.42 Å². The fraction of sp³-hybridized carbons (Fsp3) is 0.429. The Morgan fingerprint density at radius 3 is 1.33 bits per heavy atom. The molecule has 1 aliphatic rings. The number of rotatable bonds is 0. The summed E-state index contributed by atoms with van der Waals surface area (Å²) in [7, 11) is 2.00. The lowest BCUT2D eigenvalue weighted by Crippen LogP contribution is -1.37. The van der Waals surface area contributed by atoms with Crippen LogP contribution >= 0.6 is 0 Å². The molecule has 54 valence electrons. The second-order valence-corrected chi connectivity index (χ2v) is 1.09. The van der Waals surface area contributed by atoms with E-state index in [1.54, 1.807) is 0 Å².